The molecule has 3 heterocycles. The highest BCUT2D eigenvalue weighted by Gasteiger charge is 2.28. The Morgan fingerprint density at radius 3 is 3.11 bits per heavy atom. The summed E-state index contributed by atoms with van der Waals surface area (Å²) in [5.41, 5.74) is 5.63. The Hall–Kier alpha value is -1.70. The number of fused-ring (bicyclic) bond motifs is 5. The van der Waals surface area contributed by atoms with Gasteiger partial charge in [-0.25, -0.2) is 0 Å². The van der Waals surface area contributed by atoms with Crippen LogP contribution in [0.25, 0.3) is 16.6 Å². The van der Waals surface area contributed by atoms with Crippen molar-refractivity contribution in [1.82, 2.24) is 9.88 Å². The molecule has 1 atom stereocenters. The van der Waals surface area contributed by atoms with Crippen molar-refractivity contribution in [2.24, 2.45) is 5.92 Å². The maximum absolute atomic E-state index is 3.64. The molecule has 0 bridgehead atoms. The number of aromatic nitrogens is 1. The fourth-order valence-corrected chi connectivity index (χ4v) is 3.58. The van der Waals surface area contributed by atoms with Crippen molar-refractivity contribution < 1.29 is 0 Å². The Kier molecular flexibility index (Phi) is 2.44. The van der Waals surface area contributed by atoms with Gasteiger partial charge in [-0.05, 0) is 30.4 Å². The summed E-state index contributed by atoms with van der Waals surface area (Å²) in [5.74, 6) is 0.842. The SMILES string of the molecule is CCC1CC=C2c3[nH]c4ccccc4c3CCN2C1. The van der Waals surface area contributed by atoms with Crippen LogP contribution in [0.3, 0.4) is 0 Å². The number of benzene rings is 1. The van der Waals surface area contributed by atoms with Crippen LogP contribution in [0.4, 0.5) is 0 Å². The van der Waals surface area contributed by atoms with Gasteiger partial charge in [0.1, 0.15) is 0 Å². The van der Waals surface area contributed by atoms with Crippen LogP contribution in [0.5, 0.6) is 0 Å². The van der Waals surface area contributed by atoms with E-state index in [1.807, 2.05) is 0 Å². The lowest BCUT2D eigenvalue weighted by Gasteiger charge is -2.37. The average molecular weight is 252 g/mol. The lowest BCUT2D eigenvalue weighted by molar-refractivity contribution is 0.295. The largest absolute Gasteiger partial charge is 0.369 e. The smallest absolute Gasteiger partial charge is 0.0658 e. The Morgan fingerprint density at radius 1 is 1.32 bits per heavy atom. The van der Waals surface area contributed by atoms with Crippen LogP contribution in [0.2, 0.25) is 0 Å². The summed E-state index contributed by atoms with van der Waals surface area (Å²) in [6.45, 7) is 4.72. The van der Waals surface area contributed by atoms with Crippen LogP contribution in [0.1, 0.15) is 31.0 Å². The number of aromatic amines is 1. The number of rotatable bonds is 1. The molecule has 2 aliphatic heterocycles. The van der Waals surface area contributed by atoms with Gasteiger partial charge in [0.25, 0.3) is 0 Å². The van der Waals surface area contributed by atoms with Crippen LogP contribution in [-0.4, -0.2) is 23.0 Å². The number of hydrogen-bond donors (Lipinski definition) is 1. The van der Waals surface area contributed by atoms with Gasteiger partial charge in [0.2, 0.25) is 0 Å². The van der Waals surface area contributed by atoms with Crippen molar-refractivity contribution in [3.05, 3.63) is 41.6 Å². The van der Waals surface area contributed by atoms with Crippen molar-refractivity contribution >= 4 is 16.6 Å². The molecule has 1 N–H and O–H groups in total. The topological polar surface area (TPSA) is 19.0 Å². The van der Waals surface area contributed by atoms with Gasteiger partial charge in [-0.2, -0.15) is 0 Å². The predicted octanol–water partition coefficient (Wildman–Crippen LogP) is 3.80. The van der Waals surface area contributed by atoms with Gasteiger partial charge >= 0.3 is 0 Å². The average Bonchev–Trinajstić information content (AvgIpc) is 2.85. The molecule has 2 heteroatoms. The highest BCUT2D eigenvalue weighted by molar-refractivity contribution is 5.89. The van der Waals surface area contributed by atoms with Crippen molar-refractivity contribution in [2.45, 2.75) is 26.2 Å². The minimum atomic E-state index is 0.842. The number of para-hydroxylation sites is 1. The van der Waals surface area contributed by atoms with Crippen LogP contribution in [0.15, 0.2) is 30.3 Å². The molecule has 0 radical (unpaired) electrons. The highest BCUT2D eigenvalue weighted by Crippen LogP contribution is 2.37. The van der Waals surface area contributed by atoms with Gasteiger partial charge in [-0.1, -0.05) is 37.6 Å². The fraction of sp³-hybridized carbons (Fsp3) is 0.412. The molecule has 2 aliphatic rings. The molecule has 4 rings (SSSR count). The zero-order valence-electron chi connectivity index (χ0n) is 11.4. The van der Waals surface area contributed by atoms with Crippen molar-refractivity contribution in [3.8, 4) is 0 Å². The molecule has 19 heavy (non-hydrogen) atoms. The Labute approximate surface area is 114 Å². The van der Waals surface area contributed by atoms with E-state index in [0.717, 1.165) is 5.92 Å². The molecule has 2 aromatic rings. The van der Waals surface area contributed by atoms with Crippen LogP contribution >= 0.6 is 0 Å². The third kappa shape index (κ3) is 1.62. The van der Waals surface area contributed by atoms with E-state index in [0.29, 0.717) is 0 Å². The van der Waals surface area contributed by atoms with Crippen molar-refractivity contribution in [2.75, 3.05) is 13.1 Å². The zero-order chi connectivity index (χ0) is 12.8. The van der Waals surface area contributed by atoms with Crippen molar-refractivity contribution in [3.63, 3.8) is 0 Å². The van der Waals surface area contributed by atoms with Crippen LogP contribution in [-0.2, 0) is 6.42 Å². The number of nitrogens with zero attached hydrogens (tertiary/aromatic N) is 1. The second-order valence-corrected chi connectivity index (χ2v) is 5.82. The minimum absolute atomic E-state index is 0.842. The molecule has 0 fully saturated rings. The Morgan fingerprint density at radius 2 is 2.21 bits per heavy atom. The van der Waals surface area contributed by atoms with Crippen molar-refractivity contribution in [1.29, 1.82) is 0 Å². The highest BCUT2D eigenvalue weighted by atomic mass is 15.2. The van der Waals surface area contributed by atoms with E-state index in [1.165, 1.54) is 60.2 Å². The number of allylic oxidation sites excluding steroid dienone is 1. The first-order valence-corrected chi connectivity index (χ1v) is 7.42. The summed E-state index contributed by atoms with van der Waals surface area (Å²) in [6, 6.07) is 8.70. The second kappa shape index (κ2) is 4.16. The molecule has 0 saturated carbocycles. The summed E-state index contributed by atoms with van der Waals surface area (Å²) in [5, 5.41) is 1.41. The van der Waals surface area contributed by atoms with Gasteiger partial charge in [0.05, 0.1) is 11.4 Å². The van der Waals surface area contributed by atoms with Gasteiger partial charge in [-0.3, -0.25) is 0 Å². The van der Waals surface area contributed by atoms with E-state index in [2.05, 4.69) is 47.1 Å². The first-order valence-electron chi connectivity index (χ1n) is 7.42. The van der Waals surface area contributed by atoms with E-state index in [1.54, 1.807) is 0 Å². The van der Waals surface area contributed by atoms with Gasteiger partial charge in [0, 0.05) is 24.0 Å². The summed E-state index contributed by atoms with van der Waals surface area (Å²) < 4.78 is 0. The van der Waals surface area contributed by atoms with E-state index < -0.39 is 0 Å². The second-order valence-electron chi connectivity index (χ2n) is 5.82. The van der Waals surface area contributed by atoms with Gasteiger partial charge in [0.15, 0.2) is 0 Å². The van der Waals surface area contributed by atoms with E-state index in [4.69, 9.17) is 0 Å². The molecular formula is C17H20N2. The monoisotopic (exact) mass is 252 g/mol. The standard InChI is InChI=1S/C17H20N2/c1-2-12-7-8-16-17-14(9-10-19(16)11-12)13-5-3-4-6-15(13)18-17/h3-6,8,12,18H,2,7,9-11H2,1H3. The van der Waals surface area contributed by atoms with Gasteiger partial charge in [-0.15, -0.1) is 0 Å². The first-order chi connectivity index (χ1) is 9.36. The third-order valence-corrected chi connectivity index (χ3v) is 4.74. The van der Waals surface area contributed by atoms with E-state index in [-0.39, 0.29) is 0 Å². The summed E-state index contributed by atoms with van der Waals surface area (Å²) in [6.07, 6.45) is 6.15. The Bertz CT molecular complexity index is 650. The third-order valence-electron chi connectivity index (χ3n) is 4.74. The molecule has 0 spiro atoms. The lowest BCUT2D eigenvalue weighted by atomic mass is 9.91. The quantitative estimate of drug-likeness (QED) is 0.818. The maximum Gasteiger partial charge on any atom is 0.0658 e. The molecule has 0 saturated heterocycles. The van der Waals surface area contributed by atoms with Crippen LogP contribution < -0.4 is 0 Å². The molecule has 1 aromatic heterocycles. The summed E-state index contributed by atoms with van der Waals surface area (Å²) >= 11 is 0. The molecule has 2 nitrogen and oxygen atoms in total. The van der Waals surface area contributed by atoms with E-state index in [9.17, 15) is 0 Å². The lowest BCUT2D eigenvalue weighted by Crippen LogP contribution is -2.36. The number of nitrogens with one attached hydrogen (secondary N) is 1. The molecule has 1 aromatic carbocycles. The minimum Gasteiger partial charge on any atom is -0.369 e. The maximum atomic E-state index is 3.64. The number of H-pyrrole nitrogens is 1. The number of hydrogen-bond acceptors (Lipinski definition) is 1. The normalized spacial score (nSPS) is 22.1. The predicted molar refractivity (Wildman–Crippen MR) is 80.0 cm³/mol. The zero-order valence-corrected chi connectivity index (χ0v) is 11.4. The Balaban J connectivity index is 1.85. The molecular weight excluding hydrogens is 232 g/mol. The molecule has 0 amide bonds. The first kappa shape index (κ1) is 11.2. The molecule has 0 aliphatic carbocycles. The summed E-state index contributed by atoms with van der Waals surface area (Å²) in [4.78, 5) is 6.22. The van der Waals surface area contributed by atoms with Gasteiger partial charge < -0.3 is 9.88 Å². The van der Waals surface area contributed by atoms with Crippen LogP contribution in [0, 0.1) is 5.92 Å². The molecule has 98 valence electrons. The summed E-state index contributed by atoms with van der Waals surface area (Å²) in [7, 11) is 0. The molecule has 1 unspecified atom stereocenters. The van der Waals surface area contributed by atoms with E-state index >= 15 is 0 Å². The fourth-order valence-electron chi connectivity index (χ4n) is 3.58.